The molecule has 1 saturated heterocycles. The highest BCUT2D eigenvalue weighted by molar-refractivity contribution is 7.89. The van der Waals surface area contributed by atoms with Gasteiger partial charge in [0.15, 0.2) is 5.13 Å². The molecule has 0 saturated carbocycles. The molecule has 0 aliphatic carbocycles. The van der Waals surface area contributed by atoms with Crippen LogP contribution in [0.2, 0.25) is 0 Å². The highest BCUT2D eigenvalue weighted by Gasteiger charge is 2.26. The van der Waals surface area contributed by atoms with E-state index in [-0.39, 0.29) is 10.8 Å². The number of carbonyl (C=O) groups excluding carboxylic acids is 2. The van der Waals surface area contributed by atoms with Crippen LogP contribution in [-0.4, -0.2) is 49.2 Å². The molecule has 3 heterocycles. The zero-order chi connectivity index (χ0) is 20.4. The van der Waals surface area contributed by atoms with Gasteiger partial charge in [-0.15, -0.1) is 0 Å². The Morgan fingerprint density at radius 1 is 1.10 bits per heavy atom. The second kappa shape index (κ2) is 8.21. The number of hydrogen-bond acceptors (Lipinski definition) is 6. The first-order valence-corrected chi connectivity index (χ1v) is 11.9. The summed E-state index contributed by atoms with van der Waals surface area (Å²) in [5.74, 6) is -0.556. The van der Waals surface area contributed by atoms with E-state index in [2.05, 4.69) is 15.6 Å². The van der Waals surface area contributed by atoms with E-state index < -0.39 is 15.9 Å². The fourth-order valence-corrected chi connectivity index (χ4v) is 5.93. The number of nitrogens with zero attached hydrogens (tertiary/aromatic N) is 2. The molecular weight excluding hydrogens is 412 g/mol. The van der Waals surface area contributed by atoms with Gasteiger partial charge in [-0.25, -0.2) is 13.4 Å². The Bertz CT molecular complexity index is 1020. The van der Waals surface area contributed by atoms with Crippen molar-refractivity contribution in [2.24, 2.45) is 0 Å². The summed E-state index contributed by atoms with van der Waals surface area (Å²) in [4.78, 5) is 29.6. The molecule has 0 radical (unpaired) electrons. The number of hydrogen-bond donors (Lipinski definition) is 2. The van der Waals surface area contributed by atoms with Crippen LogP contribution in [-0.2, 0) is 16.4 Å². The number of aromatic nitrogens is 1. The Morgan fingerprint density at radius 3 is 2.55 bits per heavy atom. The summed E-state index contributed by atoms with van der Waals surface area (Å²) in [6.45, 7) is 1.69. The first-order valence-electron chi connectivity index (χ1n) is 9.64. The second-order valence-electron chi connectivity index (χ2n) is 7.10. The molecule has 2 aliphatic heterocycles. The van der Waals surface area contributed by atoms with E-state index in [1.807, 2.05) is 0 Å². The van der Waals surface area contributed by atoms with Gasteiger partial charge in [0.05, 0.1) is 10.6 Å². The number of anilines is 1. The van der Waals surface area contributed by atoms with Crippen molar-refractivity contribution < 1.29 is 18.0 Å². The molecule has 2 N–H and O–H groups in total. The van der Waals surface area contributed by atoms with E-state index in [1.165, 1.54) is 28.6 Å². The van der Waals surface area contributed by atoms with Gasteiger partial charge in [0, 0.05) is 25.2 Å². The van der Waals surface area contributed by atoms with Crippen LogP contribution in [0.15, 0.2) is 29.2 Å². The summed E-state index contributed by atoms with van der Waals surface area (Å²) in [6, 6.07) is 5.92. The second-order valence-corrected chi connectivity index (χ2v) is 10.0. The minimum absolute atomic E-state index is 0.164. The number of sulfonamides is 1. The van der Waals surface area contributed by atoms with Gasteiger partial charge in [-0.3, -0.25) is 14.9 Å². The smallest absolute Gasteiger partial charge is 0.263 e. The van der Waals surface area contributed by atoms with Gasteiger partial charge in [-0.05, 0) is 49.9 Å². The van der Waals surface area contributed by atoms with Crippen molar-refractivity contribution in [1.82, 2.24) is 14.6 Å². The lowest BCUT2D eigenvalue weighted by Gasteiger charge is -2.25. The molecule has 4 rings (SSSR count). The average molecular weight is 435 g/mol. The number of amides is 2. The lowest BCUT2D eigenvalue weighted by Crippen LogP contribution is -2.35. The van der Waals surface area contributed by atoms with Gasteiger partial charge in [-0.1, -0.05) is 17.8 Å². The number of thiazole rings is 1. The number of benzene rings is 1. The Hall–Kier alpha value is -2.30. The summed E-state index contributed by atoms with van der Waals surface area (Å²) in [6.07, 6.45) is 4.28. The monoisotopic (exact) mass is 434 g/mol. The molecule has 1 aromatic carbocycles. The highest BCUT2D eigenvalue weighted by atomic mass is 32.2. The maximum absolute atomic E-state index is 12.7. The van der Waals surface area contributed by atoms with Crippen LogP contribution >= 0.6 is 11.3 Å². The van der Waals surface area contributed by atoms with Crippen LogP contribution in [0.25, 0.3) is 0 Å². The van der Waals surface area contributed by atoms with E-state index >= 15 is 0 Å². The molecule has 0 atom stereocenters. The summed E-state index contributed by atoms with van der Waals surface area (Å²) in [7, 11) is -3.53. The molecule has 154 valence electrons. The lowest BCUT2D eigenvalue weighted by molar-refractivity contribution is 0.0958. The zero-order valence-electron chi connectivity index (χ0n) is 15.8. The highest BCUT2D eigenvalue weighted by Crippen LogP contribution is 2.26. The van der Waals surface area contributed by atoms with E-state index in [1.54, 1.807) is 0 Å². The standard InChI is InChI=1S/C19H22N4O4S2/c24-17(22-19-21-15-5-4-10-20-18(25)16(15)28-19)13-6-8-14(9-7-13)29(26,27)23-11-2-1-3-12-23/h6-9H,1-5,10-12H2,(H,20,25)(H,21,22,24). The Kier molecular flexibility index (Phi) is 5.66. The third-order valence-electron chi connectivity index (χ3n) is 5.07. The fraction of sp³-hybridized carbons (Fsp3) is 0.421. The van der Waals surface area contributed by atoms with Gasteiger partial charge in [0.2, 0.25) is 10.0 Å². The molecule has 8 nitrogen and oxygen atoms in total. The quantitative estimate of drug-likeness (QED) is 0.767. The first kappa shape index (κ1) is 20.0. The fourth-order valence-electron chi connectivity index (χ4n) is 3.49. The molecular formula is C19H22N4O4S2. The van der Waals surface area contributed by atoms with E-state index in [0.717, 1.165) is 37.0 Å². The molecule has 1 aromatic heterocycles. The van der Waals surface area contributed by atoms with E-state index in [9.17, 15) is 18.0 Å². The summed E-state index contributed by atoms with van der Waals surface area (Å²) in [5, 5.41) is 5.87. The normalized spacial score (nSPS) is 17.9. The molecule has 0 spiro atoms. The van der Waals surface area contributed by atoms with Crippen molar-refractivity contribution >= 4 is 38.3 Å². The summed E-state index contributed by atoms with van der Waals surface area (Å²) >= 11 is 1.15. The predicted octanol–water partition coefficient (Wildman–Crippen LogP) is 2.25. The van der Waals surface area contributed by atoms with Crippen LogP contribution < -0.4 is 10.6 Å². The van der Waals surface area contributed by atoms with Crippen LogP contribution in [0.4, 0.5) is 5.13 Å². The van der Waals surface area contributed by atoms with Gasteiger partial charge in [0.25, 0.3) is 11.8 Å². The van der Waals surface area contributed by atoms with Crippen molar-refractivity contribution in [3.8, 4) is 0 Å². The van der Waals surface area contributed by atoms with E-state index in [4.69, 9.17) is 0 Å². The number of piperidine rings is 1. The first-order chi connectivity index (χ1) is 13.9. The molecule has 2 amide bonds. The van der Waals surface area contributed by atoms with Crippen LogP contribution in [0.3, 0.4) is 0 Å². The van der Waals surface area contributed by atoms with Crippen LogP contribution in [0.5, 0.6) is 0 Å². The molecule has 0 unspecified atom stereocenters. The Balaban J connectivity index is 1.47. The third kappa shape index (κ3) is 4.19. The van der Waals surface area contributed by atoms with Crippen molar-refractivity contribution in [1.29, 1.82) is 0 Å². The maximum Gasteiger partial charge on any atom is 0.263 e. The predicted molar refractivity (Wildman–Crippen MR) is 110 cm³/mol. The van der Waals surface area contributed by atoms with Gasteiger partial charge in [-0.2, -0.15) is 4.31 Å². The molecule has 10 heteroatoms. The van der Waals surface area contributed by atoms with Crippen molar-refractivity contribution in [3.63, 3.8) is 0 Å². The minimum Gasteiger partial charge on any atom is -0.351 e. The van der Waals surface area contributed by atoms with Crippen molar-refractivity contribution in [2.45, 2.75) is 37.0 Å². The number of nitrogens with one attached hydrogen (secondary N) is 2. The van der Waals surface area contributed by atoms with Crippen LogP contribution in [0, 0.1) is 0 Å². The van der Waals surface area contributed by atoms with Crippen molar-refractivity contribution in [3.05, 3.63) is 40.4 Å². The van der Waals surface area contributed by atoms with Gasteiger partial charge < -0.3 is 5.32 Å². The summed E-state index contributed by atoms with van der Waals surface area (Å²) < 4.78 is 26.9. The van der Waals surface area contributed by atoms with Gasteiger partial charge >= 0.3 is 0 Å². The van der Waals surface area contributed by atoms with E-state index in [0.29, 0.717) is 47.3 Å². The SMILES string of the molecule is O=C(Nc1nc2c(s1)C(=O)NCCC2)c1ccc(S(=O)(=O)N2CCCCC2)cc1. The largest absolute Gasteiger partial charge is 0.351 e. The maximum atomic E-state index is 12.7. The third-order valence-corrected chi connectivity index (χ3v) is 7.99. The average Bonchev–Trinajstić information content (AvgIpc) is 3.06. The number of fused-ring (bicyclic) bond motifs is 1. The van der Waals surface area contributed by atoms with Crippen LogP contribution in [0.1, 0.15) is 51.4 Å². The number of aryl methyl sites for hydroxylation is 1. The Labute approximate surface area is 173 Å². The minimum atomic E-state index is -3.53. The van der Waals surface area contributed by atoms with Gasteiger partial charge in [0.1, 0.15) is 4.88 Å². The summed E-state index contributed by atoms with van der Waals surface area (Å²) in [5.41, 5.74) is 1.03. The Morgan fingerprint density at radius 2 is 1.83 bits per heavy atom. The molecule has 29 heavy (non-hydrogen) atoms. The van der Waals surface area contributed by atoms with Crippen molar-refractivity contribution in [2.75, 3.05) is 25.0 Å². The number of rotatable bonds is 4. The topological polar surface area (TPSA) is 108 Å². The zero-order valence-corrected chi connectivity index (χ0v) is 17.4. The molecule has 2 aliphatic rings. The molecule has 2 aromatic rings. The molecule has 0 bridgehead atoms. The number of carbonyl (C=O) groups is 2. The molecule has 1 fully saturated rings. The lowest BCUT2D eigenvalue weighted by atomic mass is 10.2.